The lowest BCUT2D eigenvalue weighted by atomic mass is 9.96. The Kier molecular flexibility index (Phi) is 8.02. The minimum Gasteiger partial charge on any atom is -0.353 e. The molecule has 0 spiro atoms. The van der Waals surface area contributed by atoms with Crippen molar-refractivity contribution in [3.63, 3.8) is 0 Å². The van der Waals surface area contributed by atoms with E-state index < -0.39 is 6.03 Å². The predicted octanol–water partition coefficient (Wildman–Crippen LogP) is 2.05. The highest BCUT2D eigenvalue weighted by molar-refractivity contribution is 5.76. The molecule has 1 saturated carbocycles. The highest BCUT2D eigenvalue weighted by Crippen LogP contribution is 2.17. The molecule has 1 fully saturated rings. The van der Waals surface area contributed by atoms with Gasteiger partial charge in [-0.05, 0) is 25.7 Å². The summed E-state index contributed by atoms with van der Waals surface area (Å²) in [6.45, 7) is 0.548. The highest BCUT2D eigenvalue weighted by atomic mass is 16.2. The highest BCUT2D eigenvalue weighted by Gasteiger charge is 2.13. The Bertz CT molecular complexity index is 274. The zero-order chi connectivity index (χ0) is 13.9. The third-order valence-corrected chi connectivity index (χ3v) is 3.60. The number of urea groups is 1. The monoisotopic (exact) mass is 269 g/mol. The standard InChI is InChI=1S/C14H27N3O2/c15-14(19)16-11-7-6-10-13(18)17-12-8-4-2-1-3-5-9-12/h12H,1-11H2,(H,17,18)(H3,15,16,19). The summed E-state index contributed by atoms with van der Waals surface area (Å²) in [4.78, 5) is 22.2. The van der Waals surface area contributed by atoms with Crippen LogP contribution >= 0.6 is 0 Å². The van der Waals surface area contributed by atoms with Gasteiger partial charge in [-0.2, -0.15) is 0 Å². The van der Waals surface area contributed by atoms with Crippen LogP contribution in [0.15, 0.2) is 0 Å². The van der Waals surface area contributed by atoms with Crippen molar-refractivity contribution in [3.8, 4) is 0 Å². The van der Waals surface area contributed by atoms with Gasteiger partial charge >= 0.3 is 6.03 Å². The molecule has 0 aromatic carbocycles. The van der Waals surface area contributed by atoms with Crippen molar-refractivity contribution in [2.75, 3.05) is 6.54 Å². The first kappa shape index (κ1) is 15.8. The minimum atomic E-state index is -0.501. The van der Waals surface area contributed by atoms with E-state index in [1.807, 2.05) is 0 Å². The van der Waals surface area contributed by atoms with Gasteiger partial charge in [0.05, 0.1) is 0 Å². The fourth-order valence-electron chi connectivity index (χ4n) is 2.52. The maximum Gasteiger partial charge on any atom is 0.312 e. The normalized spacial score (nSPS) is 17.3. The lowest BCUT2D eigenvalue weighted by Gasteiger charge is -2.21. The van der Waals surface area contributed by atoms with Crippen molar-refractivity contribution in [2.45, 2.75) is 70.3 Å². The molecule has 0 atom stereocenters. The molecule has 0 aliphatic heterocycles. The van der Waals surface area contributed by atoms with Crippen LogP contribution in [0.25, 0.3) is 0 Å². The molecule has 3 amide bonds. The van der Waals surface area contributed by atoms with E-state index in [9.17, 15) is 9.59 Å². The van der Waals surface area contributed by atoms with Crippen LogP contribution in [0, 0.1) is 0 Å². The molecular weight excluding hydrogens is 242 g/mol. The molecule has 0 aromatic rings. The zero-order valence-electron chi connectivity index (χ0n) is 11.7. The summed E-state index contributed by atoms with van der Waals surface area (Å²) in [6, 6.07) is -0.129. The number of nitrogens with two attached hydrogens (primary N) is 1. The summed E-state index contributed by atoms with van der Waals surface area (Å²) >= 11 is 0. The van der Waals surface area contributed by atoms with E-state index in [1.165, 1.54) is 32.1 Å². The van der Waals surface area contributed by atoms with Gasteiger partial charge in [-0.3, -0.25) is 4.79 Å². The first-order valence-corrected chi connectivity index (χ1v) is 7.51. The number of nitrogens with one attached hydrogen (secondary N) is 2. The number of hydrogen-bond donors (Lipinski definition) is 3. The van der Waals surface area contributed by atoms with Crippen molar-refractivity contribution in [1.29, 1.82) is 0 Å². The van der Waals surface area contributed by atoms with Crippen LogP contribution in [0.1, 0.15) is 64.2 Å². The minimum absolute atomic E-state index is 0.143. The van der Waals surface area contributed by atoms with Gasteiger partial charge in [-0.15, -0.1) is 0 Å². The molecule has 1 aliphatic rings. The van der Waals surface area contributed by atoms with Gasteiger partial charge in [0, 0.05) is 19.0 Å². The summed E-state index contributed by atoms with van der Waals surface area (Å²) in [5, 5.41) is 5.66. The first-order valence-electron chi connectivity index (χ1n) is 7.51. The Hall–Kier alpha value is -1.26. The van der Waals surface area contributed by atoms with Crippen molar-refractivity contribution in [1.82, 2.24) is 10.6 Å². The van der Waals surface area contributed by atoms with Crippen LogP contribution in [-0.2, 0) is 4.79 Å². The number of carbonyl (C=O) groups excluding carboxylic acids is 2. The molecule has 4 N–H and O–H groups in total. The number of carbonyl (C=O) groups is 2. The average Bonchev–Trinajstić information content (AvgIpc) is 2.31. The van der Waals surface area contributed by atoms with Crippen molar-refractivity contribution in [3.05, 3.63) is 0 Å². The summed E-state index contributed by atoms with van der Waals surface area (Å²) in [5.74, 6) is 0.143. The number of hydrogen-bond acceptors (Lipinski definition) is 2. The lowest BCUT2D eigenvalue weighted by Crippen LogP contribution is -2.35. The van der Waals surface area contributed by atoms with Crippen LogP contribution < -0.4 is 16.4 Å². The van der Waals surface area contributed by atoms with Crippen molar-refractivity contribution >= 4 is 11.9 Å². The van der Waals surface area contributed by atoms with Crippen LogP contribution in [0.2, 0.25) is 0 Å². The van der Waals surface area contributed by atoms with Crippen molar-refractivity contribution < 1.29 is 9.59 Å². The second-order valence-corrected chi connectivity index (χ2v) is 5.36. The lowest BCUT2D eigenvalue weighted by molar-refractivity contribution is -0.122. The summed E-state index contributed by atoms with van der Waals surface area (Å²) in [7, 11) is 0. The van der Waals surface area contributed by atoms with Gasteiger partial charge < -0.3 is 16.4 Å². The topological polar surface area (TPSA) is 84.2 Å². The second kappa shape index (κ2) is 9.64. The number of primary amides is 1. The first-order chi connectivity index (χ1) is 9.18. The van der Waals surface area contributed by atoms with E-state index in [1.54, 1.807) is 0 Å². The number of unbranched alkanes of at least 4 members (excludes halogenated alkanes) is 1. The molecule has 0 radical (unpaired) electrons. The van der Waals surface area contributed by atoms with Gasteiger partial charge in [0.15, 0.2) is 0 Å². The second-order valence-electron chi connectivity index (χ2n) is 5.36. The van der Waals surface area contributed by atoms with Crippen molar-refractivity contribution in [2.24, 2.45) is 5.73 Å². The van der Waals surface area contributed by atoms with Crippen LogP contribution in [0.4, 0.5) is 4.79 Å². The zero-order valence-corrected chi connectivity index (χ0v) is 11.7. The van der Waals surface area contributed by atoms with E-state index in [2.05, 4.69) is 10.6 Å². The van der Waals surface area contributed by atoms with E-state index >= 15 is 0 Å². The quantitative estimate of drug-likeness (QED) is 0.645. The Morgan fingerprint density at radius 3 is 2.26 bits per heavy atom. The fourth-order valence-corrected chi connectivity index (χ4v) is 2.52. The van der Waals surface area contributed by atoms with E-state index in [4.69, 9.17) is 5.73 Å². The van der Waals surface area contributed by atoms with E-state index in [-0.39, 0.29) is 5.91 Å². The molecule has 110 valence electrons. The van der Waals surface area contributed by atoms with Crippen LogP contribution in [-0.4, -0.2) is 24.5 Å². The summed E-state index contributed by atoms with van der Waals surface area (Å²) in [5.41, 5.74) is 4.96. The molecule has 5 heteroatoms. The summed E-state index contributed by atoms with van der Waals surface area (Å²) < 4.78 is 0. The fraction of sp³-hybridized carbons (Fsp3) is 0.857. The Morgan fingerprint density at radius 1 is 1.00 bits per heavy atom. The number of rotatable bonds is 6. The molecule has 0 aromatic heterocycles. The smallest absolute Gasteiger partial charge is 0.312 e. The molecule has 19 heavy (non-hydrogen) atoms. The maximum absolute atomic E-state index is 11.8. The third kappa shape index (κ3) is 8.46. The summed E-state index contributed by atoms with van der Waals surface area (Å²) in [6.07, 6.45) is 10.8. The molecule has 1 aliphatic carbocycles. The largest absolute Gasteiger partial charge is 0.353 e. The Labute approximate surface area is 115 Å². The van der Waals surface area contributed by atoms with E-state index in [0.717, 1.165) is 25.7 Å². The average molecular weight is 269 g/mol. The Balaban J connectivity index is 2.06. The molecular formula is C14H27N3O2. The molecule has 5 nitrogen and oxygen atoms in total. The SMILES string of the molecule is NC(=O)NCCCCC(=O)NC1CCCCCCC1. The van der Waals surface area contributed by atoms with Gasteiger partial charge in [0.1, 0.15) is 0 Å². The number of amides is 3. The predicted molar refractivity (Wildman–Crippen MR) is 75.7 cm³/mol. The van der Waals surface area contributed by atoms with Gasteiger partial charge in [-0.1, -0.05) is 32.1 Å². The van der Waals surface area contributed by atoms with E-state index in [0.29, 0.717) is 19.0 Å². The van der Waals surface area contributed by atoms with Gasteiger partial charge in [-0.25, -0.2) is 4.79 Å². The molecule has 0 unspecified atom stereocenters. The van der Waals surface area contributed by atoms with Crippen LogP contribution in [0.3, 0.4) is 0 Å². The molecule has 1 rings (SSSR count). The van der Waals surface area contributed by atoms with Gasteiger partial charge in [0.2, 0.25) is 5.91 Å². The Morgan fingerprint density at radius 2 is 1.63 bits per heavy atom. The van der Waals surface area contributed by atoms with Crippen LogP contribution in [0.5, 0.6) is 0 Å². The molecule has 0 heterocycles. The third-order valence-electron chi connectivity index (χ3n) is 3.60. The molecule has 0 saturated heterocycles. The van der Waals surface area contributed by atoms with Gasteiger partial charge in [0.25, 0.3) is 0 Å². The maximum atomic E-state index is 11.8. The molecule has 0 bridgehead atoms.